The molecule has 9 heteroatoms. The van der Waals surface area contributed by atoms with Crippen LogP contribution >= 0.6 is 0 Å². The second-order valence-electron chi connectivity index (χ2n) is 8.07. The minimum absolute atomic E-state index is 0.0383. The van der Waals surface area contributed by atoms with Crippen LogP contribution in [0, 0.1) is 11.7 Å². The number of nitrogens with one attached hydrogen (secondary N) is 1. The molecule has 0 radical (unpaired) electrons. The van der Waals surface area contributed by atoms with Crippen molar-refractivity contribution in [2.45, 2.75) is 26.7 Å². The van der Waals surface area contributed by atoms with Crippen LogP contribution < -0.4 is 10.2 Å². The number of anilines is 1. The maximum Gasteiger partial charge on any atom is 0.223 e. The first-order valence-corrected chi connectivity index (χ1v) is 11.3. The Hall–Kier alpha value is -3.07. The second-order valence-corrected chi connectivity index (χ2v) is 8.07. The molecule has 3 aromatic rings. The standard InChI is InChI=1S/C23H30FN7O/c1-3-29(4-2)16-13-25-23(32)18-11-14-30(15-12-18)21-10-9-20-26-27-22(31(20)28-21)17-5-7-19(24)8-6-17/h5-10,18H,3-4,11-16H2,1-2H3,(H,25,32). The van der Waals surface area contributed by atoms with E-state index in [-0.39, 0.29) is 17.6 Å². The molecule has 32 heavy (non-hydrogen) atoms. The van der Waals surface area contributed by atoms with Gasteiger partial charge in [-0.2, -0.15) is 4.52 Å². The van der Waals surface area contributed by atoms with Crippen LogP contribution in [0.5, 0.6) is 0 Å². The summed E-state index contributed by atoms with van der Waals surface area (Å²) in [6.45, 7) is 9.37. The summed E-state index contributed by atoms with van der Waals surface area (Å²) < 4.78 is 15.0. The molecular weight excluding hydrogens is 409 g/mol. The SMILES string of the molecule is CCN(CC)CCNC(=O)C1CCN(c2ccc3nnc(-c4ccc(F)cc4)n3n2)CC1. The molecule has 1 aromatic carbocycles. The predicted octanol–water partition coefficient (Wildman–Crippen LogP) is 2.60. The van der Waals surface area contributed by atoms with E-state index in [1.165, 1.54) is 12.1 Å². The van der Waals surface area contributed by atoms with Crippen LogP contribution in [0.25, 0.3) is 17.0 Å². The number of benzene rings is 1. The van der Waals surface area contributed by atoms with Gasteiger partial charge in [0.25, 0.3) is 0 Å². The van der Waals surface area contributed by atoms with E-state index >= 15 is 0 Å². The van der Waals surface area contributed by atoms with Crippen molar-refractivity contribution in [2.75, 3.05) is 44.2 Å². The van der Waals surface area contributed by atoms with Gasteiger partial charge < -0.3 is 15.1 Å². The number of carbonyl (C=O) groups excluding carboxylic acids is 1. The van der Waals surface area contributed by atoms with Gasteiger partial charge in [-0.3, -0.25) is 4.79 Å². The number of halogens is 1. The molecule has 1 aliphatic rings. The molecule has 0 spiro atoms. The van der Waals surface area contributed by atoms with Crippen molar-refractivity contribution >= 4 is 17.4 Å². The molecule has 4 rings (SSSR count). The molecule has 0 unspecified atom stereocenters. The summed E-state index contributed by atoms with van der Waals surface area (Å²) >= 11 is 0. The van der Waals surface area contributed by atoms with E-state index < -0.39 is 0 Å². The summed E-state index contributed by atoms with van der Waals surface area (Å²) in [5.41, 5.74) is 1.39. The fourth-order valence-corrected chi connectivity index (χ4v) is 4.12. The third-order valence-electron chi connectivity index (χ3n) is 6.16. The quantitative estimate of drug-likeness (QED) is 0.581. The molecular formula is C23H30FN7O. The van der Waals surface area contributed by atoms with E-state index in [2.05, 4.69) is 39.2 Å². The number of aromatic nitrogens is 4. The zero-order valence-electron chi connectivity index (χ0n) is 18.7. The van der Waals surface area contributed by atoms with E-state index in [0.717, 1.165) is 56.9 Å². The summed E-state index contributed by atoms with van der Waals surface area (Å²) in [5, 5.41) is 16.2. The Morgan fingerprint density at radius 1 is 1.09 bits per heavy atom. The lowest BCUT2D eigenvalue weighted by atomic mass is 9.96. The highest BCUT2D eigenvalue weighted by atomic mass is 19.1. The normalized spacial score (nSPS) is 14.9. The average molecular weight is 440 g/mol. The number of hydrogen-bond donors (Lipinski definition) is 1. The summed E-state index contributed by atoms with van der Waals surface area (Å²) in [6.07, 6.45) is 1.59. The largest absolute Gasteiger partial charge is 0.355 e. The van der Waals surface area contributed by atoms with Crippen molar-refractivity contribution < 1.29 is 9.18 Å². The van der Waals surface area contributed by atoms with Crippen LogP contribution in [0.2, 0.25) is 0 Å². The lowest BCUT2D eigenvalue weighted by Gasteiger charge is -2.32. The molecule has 1 amide bonds. The Morgan fingerprint density at radius 2 is 1.81 bits per heavy atom. The van der Waals surface area contributed by atoms with Crippen LogP contribution in [0.4, 0.5) is 10.2 Å². The maximum atomic E-state index is 13.3. The van der Waals surface area contributed by atoms with Gasteiger partial charge in [0.2, 0.25) is 5.91 Å². The molecule has 3 heterocycles. The second kappa shape index (κ2) is 10.0. The molecule has 1 fully saturated rings. The van der Waals surface area contributed by atoms with Crippen molar-refractivity contribution in [3.63, 3.8) is 0 Å². The molecule has 2 aromatic heterocycles. The Balaban J connectivity index is 1.38. The first-order valence-electron chi connectivity index (χ1n) is 11.3. The Bertz CT molecular complexity index is 1040. The maximum absolute atomic E-state index is 13.3. The first kappa shape index (κ1) is 22.1. The topological polar surface area (TPSA) is 78.7 Å². The smallest absolute Gasteiger partial charge is 0.223 e. The van der Waals surface area contributed by atoms with E-state index in [9.17, 15) is 9.18 Å². The Kier molecular flexibility index (Phi) is 6.94. The minimum Gasteiger partial charge on any atom is -0.355 e. The van der Waals surface area contributed by atoms with E-state index in [1.807, 2.05) is 12.1 Å². The summed E-state index contributed by atoms with van der Waals surface area (Å²) in [6, 6.07) is 9.96. The number of likely N-dealkylation sites (N-methyl/N-ethyl adjacent to an activating group) is 1. The molecule has 0 aliphatic carbocycles. The molecule has 170 valence electrons. The molecule has 0 atom stereocenters. The van der Waals surface area contributed by atoms with E-state index in [4.69, 9.17) is 5.10 Å². The van der Waals surface area contributed by atoms with Crippen molar-refractivity contribution in [2.24, 2.45) is 5.92 Å². The van der Waals surface area contributed by atoms with Gasteiger partial charge in [-0.25, -0.2) is 4.39 Å². The summed E-state index contributed by atoms with van der Waals surface area (Å²) in [4.78, 5) is 17.0. The van der Waals surface area contributed by atoms with Crippen molar-refractivity contribution in [3.05, 3.63) is 42.2 Å². The molecule has 0 saturated carbocycles. The number of carbonyl (C=O) groups is 1. The summed E-state index contributed by atoms with van der Waals surface area (Å²) in [7, 11) is 0. The van der Waals surface area contributed by atoms with Gasteiger partial charge in [0.15, 0.2) is 11.5 Å². The average Bonchev–Trinajstić information content (AvgIpc) is 3.25. The van der Waals surface area contributed by atoms with Gasteiger partial charge in [-0.1, -0.05) is 13.8 Å². The summed E-state index contributed by atoms with van der Waals surface area (Å²) in [5.74, 6) is 1.29. The first-order chi connectivity index (χ1) is 15.6. The number of rotatable bonds is 8. The van der Waals surface area contributed by atoms with Gasteiger partial charge in [0, 0.05) is 37.7 Å². The van der Waals surface area contributed by atoms with Crippen molar-refractivity contribution in [3.8, 4) is 11.4 Å². The number of piperidine rings is 1. The highest BCUT2D eigenvalue weighted by Gasteiger charge is 2.26. The third-order valence-corrected chi connectivity index (χ3v) is 6.16. The monoisotopic (exact) mass is 439 g/mol. The zero-order chi connectivity index (χ0) is 22.5. The molecule has 8 nitrogen and oxygen atoms in total. The van der Waals surface area contributed by atoms with Crippen LogP contribution in [0.1, 0.15) is 26.7 Å². The highest BCUT2D eigenvalue weighted by Crippen LogP contribution is 2.24. The van der Waals surface area contributed by atoms with Gasteiger partial charge in [0.1, 0.15) is 11.6 Å². The number of fused-ring (bicyclic) bond motifs is 1. The lowest BCUT2D eigenvalue weighted by molar-refractivity contribution is -0.125. The van der Waals surface area contributed by atoms with E-state index in [1.54, 1.807) is 16.6 Å². The van der Waals surface area contributed by atoms with Crippen molar-refractivity contribution in [1.82, 2.24) is 30.0 Å². The zero-order valence-corrected chi connectivity index (χ0v) is 18.7. The Labute approximate surface area is 187 Å². The van der Waals surface area contributed by atoms with Gasteiger partial charge >= 0.3 is 0 Å². The third kappa shape index (κ3) is 4.88. The van der Waals surface area contributed by atoms with Crippen LogP contribution in [-0.4, -0.2) is 69.9 Å². The van der Waals surface area contributed by atoms with Crippen molar-refractivity contribution in [1.29, 1.82) is 0 Å². The molecule has 1 N–H and O–H groups in total. The minimum atomic E-state index is -0.295. The Morgan fingerprint density at radius 3 is 2.50 bits per heavy atom. The predicted molar refractivity (Wildman–Crippen MR) is 122 cm³/mol. The van der Waals surface area contributed by atoms with Gasteiger partial charge in [-0.15, -0.1) is 15.3 Å². The lowest BCUT2D eigenvalue weighted by Crippen LogP contribution is -2.43. The highest BCUT2D eigenvalue weighted by molar-refractivity contribution is 5.79. The van der Waals surface area contributed by atoms with Crippen LogP contribution in [0.3, 0.4) is 0 Å². The van der Waals surface area contributed by atoms with Crippen LogP contribution in [-0.2, 0) is 4.79 Å². The molecule has 0 bridgehead atoms. The number of hydrogen-bond acceptors (Lipinski definition) is 6. The van der Waals surface area contributed by atoms with Gasteiger partial charge in [-0.05, 0) is 62.3 Å². The van der Waals surface area contributed by atoms with Gasteiger partial charge in [0.05, 0.1) is 0 Å². The molecule has 1 aliphatic heterocycles. The fourth-order valence-electron chi connectivity index (χ4n) is 4.12. The molecule has 1 saturated heterocycles. The fraction of sp³-hybridized carbons (Fsp3) is 0.478. The number of nitrogens with zero attached hydrogens (tertiary/aromatic N) is 6. The van der Waals surface area contributed by atoms with Crippen LogP contribution in [0.15, 0.2) is 36.4 Å². The van der Waals surface area contributed by atoms with E-state index in [0.29, 0.717) is 18.0 Å². The number of amides is 1.